The third kappa shape index (κ3) is 19.1. The molecule has 0 bridgehead atoms. The number of rotatable bonds is 23. The van der Waals surface area contributed by atoms with Crippen molar-refractivity contribution in [2.45, 2.75) is 116 Å². The van der Waals surface area contributed by atoms with Crippen molar-refractivity contribution in [3.05, 3.63) is 33.4 Å². The molecule has 36 heavy (non-hydrogen) atoms. The first-order valence-electron chi connectivity index (χ1n) is 14.3. The standard InChI is InChI=1S/C29H53INO4P/c1-5-6-7-8-9-10-11-12-13-14-15-16-17-18-19-20-25-34-36(32,33)35-29(26-31(2,3)4)27-21-23-28(30)24-22-27/h21-24,29H,5-20,25-26H2,1-4H3. The molecule has 210 valence electrons. The van der Waals surface area contributed by atoms with Crippen LogP contribution in [0.4, 0.5) is 0 Å². The van der Waals surface area contributed by atoms with E-state index in [4.69, 9.17) is 9.05 Å². The van der Waals surface area contributed by atoms with Gasteiger partial charge in [-0.15, -0.1) is 0 Å². The molecule has 0 aliphatic heterocycles. The van der Waals surface area contributed by atoms with E-state index in [-0.39, 0.29) is 6.61 Å². The minimum Gasteiger partial charge on any atom is -0.756 e. The molecule has 0 amide bonds. The molecular formula is C29H53INO4P. The van der Waals surface area contributed by atoms with Gasteiger partial charge in [0.2, 0.25) is 0 Å². The summed E-state index contributed by atoms with van der Waals surface area (Å²) >= 11 is 2.24. The van der Waals surface area contributed by atoms with Crippen molar-refractivity contribution in [3.63, 3.8) is 0 Å². The number of phosphoric ester groups is 1. The second-order valence-corrected chi connectivity index (χ2v) is 13.8. The van der Waals surface area contributed by atoms with E-state index in [0.717, 1.165) is 28.4 Å². The van der Waals surface area contributed by atoms with E-state index in [1.807, 2.05) is 45.4 Å². The zero-order valence-electron chi connectivity index (χ0n) is 23.5. The number of halogens is 1. The van der Waals surface area contributed by atoms with Crippen molar-refractivity contribution in [1.82, 2.24) is 0 Å². The predicted octanol–water partition coefficient (Wildman–Crippen LogP) is 8.80. The first kappa shape index (κ1) is 34.0. The van der Waals surface area contributed by atoms with Crippen LogP contribution in [0.2, 0.25) is 0 Å². The van der Waals surface area contributed by atoms with Crippen molar-refractivity contribution in [1.29, 1.82) is 0 Å². The number of quaternary nitrogens is 1. The van der Waals surface area contributed by atoms with Gasteiger partial charge in [-0.2, -0.15) is 0 Å². The Morgan fingerprint density at radius 1 is 0.778 bits per heavy atom. The van der Waals surface area contributed by atoms with Crippen molar-refractivity contribution in [2.75, 3.05) is 34.3 Å². The van der Waals surface area contributed by atoms with Crippen LogP contribution in [0.5, 0.6) is 0 Å². The summed E-state index contributed by atoms with van der Waals surface area (Å²) in [6.07, 6.45) is 20.1. The van der Waals surface area contributed by atoms with Crippen LogP contribution in [0.3, 0.4) is 0 Å². The van der Waals surface area contributed by atoms with Gasteiger partial charge >= 0.3 is 0 Å². The third-order valence-electron chi connectivity index (χ3n) is 6.46. The molecule has 0 spiro atoms. The average Bonchev–Trinajstić information content (AvgIpc) is 2.80. The number of hydrogen-bond donors (Lipinski definition) is 0. The summed E-state index contributed by atoms with van der Waals surface area (Å²) in [5.74, 6) is 0. The molecule has 1 aromatic rings. The van der Waals surface area contributed by atoms with E-state index in [1.165, 1.54) is 83.5 Å². The van der Waals surface area contributed by atoms with E-state index < -0.39 is 13.9 Å². The second kappa shape index (κ2) is 20.0. The van der Waals surface area contributed by atoms with Crippen LogP contribution in [-0.2, 0) is 13.6 Å². The van der Waals surface area contributed by atoms with Crippen LogP contribution in [-0.4, -0.2) is 38.8 Å². The fraction of sp³-hybridized carbons (Fsp3) is 0.793. The minimum atomic E-state index is -4.36. The summed E-state index contributed by atoms with van der Waals surface area (Å²) in [5, 5.41) is 0. The highest BCUT2D eigenvalue weighted by molar-refractivity contribution is 14.1. The Kier molecular flexibility index (Phi) is 18.9. The summed E-state index contributed by atoms with van der Waals surface area (Å²) in [5.41, 5.74) is 0.852. The van der Waals surface area contributed by atoms with Crippen LogP contribution in [0.1, 0.15) is 121 Å². The van der Waals surface area contributed by atoms with Gasteiger partial charge < -0.3 is 18.4 Å². The van der Waals surface area contributed by atoms with E-state index in [1.54, 1.807) is 0 Å². The van der Waals surface area contributed by atoms with Gasteiger partial charge in [0.05, 0.1) is 27.7 Å². The topological polar surface area (TPSA) is 58.6 Å². The number of benzene rings is 1. The molecular weight excluding hydrogens is 584 g/mol. The molecule has 1 aromatic carbocycles. The summed E-state index contributed by atoms with van der Waals surface area (Å²) in [7, 11) is 1.71. The highest BCUT2D eigenvalue weighted by Gasteiger charge is 2.25. The maximum Gasteiger partial charge on any atom is 0.268 e. The van der Waals surface area contributed by atoms with Crippen LogP contribution >= 0.6 is 30.4 Å². The quantitative estimate of drug-likeness (QED) is 0.0521. The van der Waals surface area contributed by atoms with E-state index in [9.17, 15) is 9.46 Å². The molecule has 5 nitrogen and oxygen atoms in total. The van der Waals surface area contributed by atoms with Gasteiger partial charge in [-0.05, 0) is 46.7 Å². The summed E-state index contributed by atoms with van der Waals surface area (Å²) in [6.45, 7) is 3.01. The molecule has 0 saturated heterocycles. The number of hydrogen-bond acceptors (Lipinski definition) is 4. The molecule has 2 atom stereocenters. The molecule has 0 heterocycles. The molecule has 0 fully saturated rings. The van der Waals surface area contributed by atoms with Gasteiger partial charge in [0.1, 0.15) is 12.6 Å². The lowest BCUT2D eigenvalue weighted by molar-refractivity contribution is -0.874. The lowest BCUT2D eigenvalue weighted by Crippen LogP contribution is -2.39. The number of unbranched alkanes of at least 4 members (excludes halogenated alkanes) is 15. The van der Waals surface area contributed by atoms with Crippen LogP contribution < -0.4 is 4.89 Å². The smallest absolute Gasteiger partial charge is 0.268 e. The molecule has 0 radical (unpaired) electrons. The molecule has 0 aromatic heterocycles. The van der Waals surface area contributed by atoms with Crippen LogP contribution in [0.25, 0.3) is 0 Å². The molecule has 0 aliphatic carbocycles. The zero-order chi connectivity index (χ0) is 26.7. The van der Waals surface area contributed by atoms with Gasteiger partial charge in [0.15, 0.2) is 0 Å². The van der Waals surface area contributed by atoms with E-state index in [2.05, 4.69) is 29.5 Å². The first-order valence-corrected chi connectivity index (χ1v) is 16.9. The monoisotopic (exact) mass is 637 g/mol. The Morgan fingerprint density at radius 2 is 1.19 bits per heavy atom. The summed E-state index contributed by atoms with van der Waals surface area (Å²) < 4.78 is 24.9. The molecule has 0 aliphatic rings. The van der Waals surface area contributed by atoms with Crippen LogP contribution in [0, 0.1) is 3.57 Å². The van der Waals surface area contributed by atoms with Crippen molar-refractivity contribution < 1.29 is 23.0 Å². The highest BCUT2D eigenvalue weighted by atomic mass is 127. The zero-order valence-corrected chi connectivity index (χ0v) is 26.6. The Labute approximate surface area is 236 Å². The third-order valence-corrected chi connectivity index (χ3v) is 8.19. The largest absolute Gasteiger partial charge is 0.756 e. The predicted molar refractivity (Wildman–Crippen MR) is 159 cm³/mol. The lowest BCUT2D eigenvalue weighted by Gasteiger charge is -2.33. The Morgan fingerprint density at radius 3 is 1.61 bits per heavy atom. The second-order valence-electron chi connectivity index (χ2n) is 11.2. The fourth-order valence-corrected chi connectivity index (χ4v) is 5.66. The average molecular weight is 638 g/mol. The first-order chi connectivity index (χ1) is 17.1. The number of phosphoric acid groups is 1. The fourth-order valence-electron chi connectivity index (χ4n) is 4.39. The van der Waals surface area contributed by atoms with Gasteiger partial charge in [0.25, 0.3) is 7.82 Å². The Balaban J connectivity index is 2.10. The molecule has 2 unspecified atom stereocenters. The normalized spacial score (nSPS) is 14.6. The highest BCUT2D eigenvalue weighted by Crippen LogP contribution is 2.44. The molecule has 1 rings (SSSR count). The molecule has 0 saturated carbocycles. The summed E-state index contributed by atoms with van der Waals surface area (Å²) in [4.78, 5) is 12.5. The van der Waals surface area contributed by atoms with Gasteiger partial charge in [0, 0.05) is 3.57 Å². The minimum absolute atomic E-state index is 0.197. The summed E-state index contributed by atoms with van der Waals surface area (Å²) in [6, 6.07) is 7.79. The van der Waals surface area contributed by atoms with Gasteiger partial charge in [-0.3, -0.25) is 4.57 Å². The SMILES string of the molecule is CCCCCCCCCCCCCCCCCCOP(=O)([O-])OC(C[N+](C)(C)C)c1ccc(I)cc1. The number of nitrogens with zero attached hydrogens (tertiary/aromatic N) is 1. The van der Waals surface area contributed by atoms with E-state index >= 15 is 0 Å². The maximum atomic E-state index is 12.5. The maximum absolute atomic E-state index is 12.5. The molecule has 7 heteroatoms. The van der Waals surface area contributed by atoms with E-state index in [0.29, 0.717) is 11.0 Å². The Hall–Kier alpha value is 0.0200. The van der Waals surface area contributed by atoms with Gasteiger partial charge in [-0.25, -0.2) is 0 Å². The Bertz CT molecular complexity index is 708. The molecule has 0 N–H and O–H groups in total. The lowest BCUT2D eigenvalue weighted by atomic mass is 10.0. The van der Waals surface area contributed by atoms with Crippen LogP contribution in [0.15, 0.2) is 24.3 Å². The van der Waals surface area contributed by atoms with Crippen molar-refractivity contribution in [2.24, 2.45) is 0 Å². The van der Waals surface area contributed by atoms with Gasteiger partial charge in [-0.1, -0.05) is 115 Å². The number of likely N-dealkylation sites (N-methyl/N-ethyl adjacent to an activating group) is 1. The van der Waals surface area contributed by atoms with Crippen molar-refractivity contribution in [3.8, 4) is 0 Å². The van der Waals surface area contributed by atoms with Crippen molar-refractivity contribution >= 4 is 30.4 Å².